The van der Waals surface area contributed by atoms with Crippen LogP contribution in [0.25, 0.3) is 98.4 Å². The molecule has 0 aromatic heterocycles. The minimum absolute atomic E-state index is 0.906. The van der Waals surface area contributed by atoms with Gasteiger partial charge in [-0.1, -0.05) is 164 Å². The van der Waals surface area contributed by atoms with Gasteiger partial charge in [0.1, 0.15) is 11.5 Å². The van der Waals surface area contributed by atoms with Gasteiger partial charge in [-0.15, -0.1) is 0 Å². The molecule has 11 rings (SSSR count). The van der Waals surface area contributed by atoms with Crippen LogP contribution < -0.4 is 4.74 Å². The van der Waals surface area contributed by atoms with Gasteiger partial charge in [-0.2, -0.15) is 0 Å². The number of benzene rings is 10. The molecular weight excluding hydrogens is 617 g/mol. The quantitative estimate of drug-likeness (QED) is 0.174. The highest BCUT2D eigenvalue weighted by atomic mass is 16.5. The fourth-order valence-electron chi connectivity index (χ4n) is 8.80. The summed E-state index contributed by atoms with van der Waals surface area (Å²) < 4.78 is 6.52. The third-order valence-corrected chi connectivity index (χ3v) is 10.8. The van der Waals surface area contributed by atoms with Crippen LogP contribution in [-0.4, -0.2) is 0 Å². The fourth-order valence-corrected chi connectivity index (χ4v) is 8.80. The largest absolute Gasteiger partial charge is 0.456 e. The Morgan fingerprint density at radius 2 is 0.667 bits per heavy atom. The topological polar surface area (TPSA) is 9.23 Å². The number of hydrogen-bond donors (Lipinski definition) is 0. The van der Waals surface area contributed by atoms with E-state index in [1.807, 2.05) is 6.07 Å². The summed E-state index contributed by atoms with van der Waals surface area (Å²) in [6, 6.07) is 66.2. The lowest BCUT2D eigenvalue weighted by Crippen LogP contribution is -1.98. The SMILES string of the molecule is c1ccc(-c2c3ccccc3c(-c3c4ccccc4c(-c4ccc5c6c(cccc46)-c4ccccc4O5)c4ccccc34)c3ccccc23)cc1. The Hall–Kier alpha value is -6.70. The summed E-state index contributed by atoms with van der Waals surface area (Å²) in [4.78, 5) is 0. The van der Waals surface area contributed by atoms with Gasteiger partial charge < -0.3 is 4.74 Å². The number of fused-ring (bicyclic) bond motifs is 6. The highest BCUT2D eigenvalue weighted by Gasteiger charge is 2.25. The van der Waals surface area contributed by atoms with Crippen LogP contribution in [0, 0.1) is 0 Å². The molecule has 0 spiro atoms. The second-order valence-corrected chi connectivity index (χ2v) is 13.5. The number of hydrogen-bond acceptors (Lipinski definition) is 1. The van der Waals surface area contributed by atoms with Crippen molar-refractivity contribution >= 4 is 53.9 Å². The van der Waals surface area contributed by atoms with Crippen LogP contribution in [0.15, 0.2) is 182 Å². The Morgan fingerprint density at radius 1 is 0.235 bits per heavy atom. The van der Waals surface area contributed by atoms with Crippen molar-refractivity contribution in [2.45, 2.75) is 0 Å². The maximum Gasteiger partial charge on any atom is 0.135 e. The van der Waals surface area contributed by atoms with Gasteiger partial charge in [-0.05, 0) is 106 Å². The van der Waals surface area contributed by atoms with Gasteiger partial charge in [-0.25, -0.2) is 0 Å². The second kappa shape index (κ2) is 10.9. The minimum atomic E-state index is 0.906. The zero-order chi connectivity index (χ0) is 33.5. The highest BCUT2D eigenvalue weighted by Crippen LogP contribution is 2.53. The first-order chi connectivity index (χ1) is 25.3. The molecule has 51 heavy (non-hydrogen) atoms. The third kappa shape index (κ3) is 4.03. The van der Waals surface area contributed by atoms with Gasteiger partial charge >= 0.3 is 0 Å². The summed E-state index contributed by atoms with van der Waals surface area (Å²) >= 11 is 0. The zero-order valence-corrected chi connectivity index (χ0v) is 27.7. The van der Waals surface area contributed by atoms with E-state index in [1.165, 1.54) is 92.8 Å². The van der Waals surface area contributed by atoms with Crippen molar-refractivity contribution in [3.8, 4) is 56.0 Å². The average molecular weight is 647 g/mol. The van der Waals surface area contributed by atoms with Crippen molar-refractivity contribution in [1.29, 1.82) is 0 Å². The molecule has 0 radical (unpaired) electrons. The molecule has 0 amide bonds. The van der Waals surface area contributed by atoms with E-state index >= 15 is 0 Å². The fraction of sp³-hybridized carbons (Fsp3) is 0. The Labute approximate surface area is 295 Å². The molecule has 1 heteroatoms. The van der Waals surface area contributed by atoms with Crippen molar-refractivity contribution in [2.75, 3.05) is 0 Å². The summed E-state index contributed by atoms with van der Waals surface area (Å²) in [7, 11) is 0. The Kier molecular flexibility index (Phi) is 6.02. The lowest BCUT2D eigenvalue weighted by Gasteiger charge is -2.24. The normalized spacial score (nSPS) is 12.1. The smallest absolute Gasteiger partial charge is 0.135 e. The minimum Gasteiger partial charge on any atom is -0.456 e. The van der Waals surface area contributed by atoms with Gasteiger partial charge in [0.2, 0.25) is 0 Å². The summed E-state index contributed by atoms with van der Waals surface area (Å²) in [5, 5.41) is 12.4. The molecule has 10 aromatic rings. The van der Waals surface area contributed by atoms with Crippen LogP contribution in [0.5, 0.6) is 11.5 Å². The maximum absolute atomic E-state index is 6.52. The number of para-hydroxylation sites is 1. The van der Waals surface area contributed by atoms with Crippen LogP contribution in [0.2, 0.25) is 0 Å². The van der Waals surface area contributed by atoms with E-state index in [0.717, 1.165) is 17.1 Å². The lowest BCUT2D eigenvalue weighted by molar-refractivity contribution is 0.487. The van der Waals surface area contributed by atoms with E-state index in [9.17, 15) is 0 Å². The molecule has 1 nitrogen and oxygen atoms in total. The van der Waals surface area contributed by atoms with Gasteiger partial charge in [0.15, 0.2) is 0 Å². The Bertz CT molecular complexity index is 2930. The molecule has 0 fully saturated rings. The van der Waals surface area contributed by atoms with Crippen molar-refractivity contribution in [1.82, 2.24) is 0 Å². The van der Waals surface area contributed by atoms with Gasteiger partial charge in [0, 0.05) is 10.9 Å². The van der Waals surface area contributed by atoms with Crippen molar-refractivity contribution in [2.24, 2.45) is 0 Å². The highest BCUT2D eigenvalue weighted by molar-refractivity contribution is 6.31. The van der Waals surface area contributed by atoms with Gasteiger partial charge in [0.05, 0.1) is 0 Å². The first-order valence-electron chi connectivity index (χ1n) is 17.6. The van der Waals surface area contributed by atoms with Crippen LogP contribution >= 0.6 is 0 Å². The Morgan fingerprint density at radius 3 is 1.24 bits per heavy atom. The van der Waals surface area contributed by atoms with E-state index in [1.54, 1.807) is 0 Å². The molecule has 1 aliphatic rings. The van der Waals surface area contributed by atoms with E-state index in [4.69, 9.17) is 4.74 Å². The van der Waals surface area contributed by atoms with E-state index in [0.29, 0.717) is 0 Å². The Balaban J connectivity index is 1.29. The monoisotopic (exact) mass is 646 g/mol. The van der Waals surface area contributed by atoms with Crippen LogP contribution in [-0.2, 0) is 0 Å². The third-order valence-electron chi connectivity index (χ3n) is 10.8. The second-order valence-electron chi connectivity index (χ2n) is 13.5. The summed E-state index contributed by atoms with van der Waals surface area (Å²) in [6.45, 7) is 0. The molecule has 10 aromatic carbocycles. The van der Waals surface area contributed by atoms with Crippen molar-refractivity contribution < 1.29 is 4.74 Å². The molecule has 0 N–H and O–H groups in total. The van der Waals surface area contributed by atoms with Crippen molar-refractivity contribution in [3.05, 3.63) is 182 Å². The van der Waals surface area contributed by atoms with E-state index in [2.05, 4.69) is 176 Å². The van der Waals surface area contributed by atoms with Crippen LogP contribution in [0.4, 0.5) is 0 Å². The number of ether oxygens (including phenoxy) is 1. The maximum atomic E-state index is 6.52. The number of rotatable bonds is 3. The van der Waals surface area contributed by atoms with E-state index < -0.39 is 0 Å². The summed E-state index contributed by atoms with van der Waals surface area (Å²) in [5.74, 6) is 1.81. The molecule has 0 unspecified atom stereocenters. The van der Waals surface area contributed by atoms with Gasteiger partial charge in [-0.3, -0.25) is 0 Å². The molecule has 236 valence electrons. The predicted octanol–water partition coefficient (Wildman–Crippen LogP) is 14.2. The molecule has 1 aliphatic heterocycles. The van der Waals surface area contributed by atoms with Gasteiger partial charge in [0.25, 0.3) is 0 Å². The zero-order valence-electron chi connectivity index (χ0n) is 27.7. The standard InChI is InChI=1S/C50H30O/c1-2-15-31(16-3-1)46-34-18-4-8-22-39(34)49(40-23-9-5-19-35(40)46)50-41-24-10-6-20-36(41)47(37-21-7-11-25-42(37)50)43-29-30-45-48-33(26-14-27-38(43)48)32-17-12-13-28-44(32)51-45/h1-30H. The summed E-state index contributed by atoms with van der Waals surface area (Å²) in [5.41, 5.74) is 9.88. The molecular formula is C50H30O. The van der Waals surface area contributed by atoms with Crippen molar-refractivity contribution in [3.63, 3.8) is 0 Å². The van der Waals surface area contributed by atoms with E-state index in [-0.39, 0.29) is 0 Å². The lowest BCUT2D eigenvalue weighted by atomic mass is 9.80. The first kappa shape index (κ1) is 28.2. The molecule has 0 bridgehead atoms. The first-order valence-corrected chi connectivity index (χ1v) is 17.6. The molecule has 0 saturated carbocycles. The predicted molar refractivity (Wildman–Crippen MR) is 216 cm³/mol. The molecule has 0 aliphatic carbocycles. The molecule has 0 atom stereocenters. The molecule has 0 saturated heterocycles. The average Bonchev–Trinajstić information content (AvgIpc) is 3.20. The van der Waals surface area contributed by atoms with Crippen LogP contribution in [0.1, 0.15) is 0 Å². The molecule has 1 heterocycles. The van der Waals surface area contributed by atoms with Crippen LogP contribution in [0.3, 0.4) is 0 Å². The summed E-state index contributed by atoms with van der Waals surface area (Å²) in [6.07, 6.45) is 0.